The molecule has 0 aromatic heterocycles. The van der Waals surface area contributed by atoms with Gasteiger partial charge in [-0.25, -0.2) is 0 Å². The van der Waals surface area contributed by atoms with Gasteiger partial charge in [0.15, 0.2) is 5.76 Å². The van der Waals surface area contributed by atoms with E-state index in [4.69, 9.17) is 0 Å². The van der Waals surface area contributed by atoms with E-state index in [1.165, 1.54) is 5.57 Å². The topological polar surface area (TPSA) is 54.4 Å². The van der Waals surface area contributed by atoms with E-state index in [1.807, 2.05) is 6.92 Å². The fourth-order valence-electron chi connectivity index (χ4n) is 8.39. The maximum Gasteiger partial charge on any atom is 0.220 e. The number of carbonyl (C=O) groups is 2. The third-order valence-electron chi connectivity index (χ3n) is 10.7. The third-order valence-corrected chi connectivity index (χ3v) is 10.7. The Kier molecular flexibility index (Phi) is 4.14. The lowest BCUT2D eigenvalue weighted by molar-refractivity contribution is -0.161. The largest absolute Gasteiger partial charge is 0.504 e. The number of allylic oxidation sites excluding steroid dienone is 7. The summed E-state index contributed by atoms with van der Waals surface area (Å²) in [5.41, 5.74) is 4.37. The van der Waals surface area contributed by atoms with Crippen LogP contribution in [0.2, 0.25) is 0 Å². The number of aliphatic hydroxyl groups excluding tert-OH is 1. The van der Waals surface area contributed by atoms with E-state index in [-0.39, 0.29) is 39.1 Å². The second-order valence-corrected chi connectivity index (χ2v) is 12.1. The summed E-state index contributed by atoms with van der Waals surface area (Å²) in [6.07, 6.45) is 12.2. The van der Waals surface area contributed by atoms with Gasteiger partial charge in [-0.3, -0.25) is 9.59 Å². The molecule has 0 unspecified atom stereocenters. The highest BCUT2D eigenvalue weighted by Gasteiger charge is 2.66. The molecular weight excluding hydrogens is 384 g/mol. The molecule has 31 heavy (non-hydrogen) atoms. The number of aliphatic hydroxyl groups is 1. The highest BCUT2D eigenvalue weighted by Crippen LogP contribution is 2.74. The Balaban J connectivity index is 1.65. The Hall–Kier alpha value is -1.90. The van der Waals surface area contributed by atoms with Gasteiger partial charge in [0, 0.05) is 23.3 Å². The second-order valence-electron chi connectivity index (χ2n) is 12.1. The van der Waals surface area contributed by atoms with E-state index in [2.05, 4.69) is 46.8 Å². The summed E-state index contributed by atoms with van der Waals surface area (Å²) in [5.74, 6) is 0.767. The van der Waals surface area contributed by atoms with Crippen molar-refractivity contribution in [2.24, 2.45) is 33.5 Å². The fraction of sp³-hybridized carbons (Fsp3) is 0.643. The normalized spacial score (nSPS) is 46.8. The van der Waals surface area contributed by atoms with E-state index in [0.717, 1.165) is 49.7 Å². The van der Waals surface area contributed by atoms with Crippen molar-refractivity contribution in [1.82, 2.24) is 0 Å². The van der Waals surface area contributed by atoms with Crippen LogP contribution in [0.5, 0.6) is 0 Å². The zero-order valence-electron chi connectivity index (χ0n) is 19.9. The lowest BCUT2D eigenvalue weighted by Crippen LogP contribution is -2.61. The maximum absolute atomic E-state index is 12.6. The summed E-state index contributed by atoms with van der Waals surface area (Å²) < 4.78 is 0. The first kappa shape index (κ1) is 21.0. The quantitative estimate of drug-likeness (QED) is 0.492. The molecule has 0 saturated heterocycles. The van der Waals surface area contributed by atoms with Crippen molar-refractivity contribution < 1.29 is 14.7 Å². The number of carbonyl (C=O) groups excluding carboxylic acids is 2. The van der Waals surface area contributed by atoms with Crippen LogP contribution in [-0.2, 0) is 9.59 Å². The van der Waals surface area contributed by atoms with Crippen molar-refractivity contribution in [3.05, 3.63) is 46.3 Å². The number of ketones is 2. The number of rotatable bonds is 0. The first-order chi connectivity index (χ1) is 14.4. The van der Waals surface area contributed by atoms with Crippen molar-refractivity contribution in [1.29, 1.82) is 0 Å². The second kappa shape index (κ2) is 6.11. The first-order valence-electron chi connectivity index (χ1n) is 12.0. The number of fused-ring (bicyclic) bond motifs is 7. The Morgan fingerprint density at radius 1 is 1.00 bits per heavy atom. The van der Waals surface area contributed by atoms with E-state index in [9.17, 15) is 14.7 Å². The molecular formula is C28H36O3. The van der Waals surface area contributed by atoms with Crippen molar-refractivity contribution in [2.75, 3.05) is 0 Å². The molecule has 0 radical (unpaired) electrons. The minimum absolute atomic E-state index is 0.0350. The molecule has 0 heterocycles. The molecule has 3 saturated carbocycles. The monoisotopic (exact) mass is 420 g/mol. The summed E-state index contributed by atoms with van der Waals surface area (Å²) >= 11 is 0. The van der Waals surface area contributed by atoms with Crippen LogP contribution in [-0.4, -0.2) is 16.7 Å². The third kappa shape index (κ3) is 2.41. The van der Waals surface area contributed by atoms with Crippen LogP contribution >= 0.6 is 0 Å². The number of hydrogen-bond acceptors (Lipinski definition) is 3. The van der Waals surface area contributed by atoms with Gasteiger partial charge >= 0.3 is 0 Å². The van der Waals surface area contributed by atoms with E-state index in [0.29, 0.717) is 17.3 Å². The molecule has 0 bridgehead atoms. The minimum atomic E-state index is -0.263. The standard InChI is InChI=1S/C28H36O3/c1-16-13-23-25(3,15-21(16)30)9-11-27(5)22-8-7-18-17(2)24(31)20(29)14-19(18)26(22,4)10-12-28(23,27)6/h7-8,14,16,23,31H,9-13,15H2,1-6H3/t16-,23+,25-,26-,27-,28+/m0/s1. The van der Waals surface area contributed by atoms with Crippen LogP contribution in [0.3, 0.4) is 0 Å². The summed E-state index contributed by atoms with van der Waals surface area (Å²) in [6.45, 7) is 13.6. The Morgan fingerprint density at radius 3 is 2.42 bits per heavy atom. The van der Waals surface area contributed by atoms with Gasteiger partial charge in [0.1, 0.15) is 5.78 Å². The van der Waals surface area contributed by atoms with Crippen molar-refractivity contribution >= 4 is 11.6 Å². The van der Waals surface area contributed by atoms with E-state index in [1.54, 1.807) is 6.08 Å². The van der Waals surface area contributed by atoms with Gasteiger partial charge in [-0.1, -0.05) is 52.3 Å². The molecule has 3 fully saturated rings. The molecule has 3 heteroatoms. The molecule has 5 rings (SSSR count). The van der Waals surface area contributed by atoms with Crippen molar-refractivity contribution in [3.8, 4) is 0 Å². The van der Waals surface area contributed by atoms with Crippen LogP contribution in [0.25, 0.3) is 0 Å². The minimum Gasteiger partial charge on any atom is -0.504 e. The molecule has 1 N–H and O–H groups in total. The van der Waals surface area contributed by atoms with Gasteiger partial charge in [0.2, 0.25) is 5.78 Å². The molecule has 6 atom stereocenters. The van der Waals surface area contributed by atoms with Crippen LogP contribution in [0.15, 0.2) is 46.3 Å². The molecule has 0 aliphatic heterocycles. The Morgan fingerprint density at radius 2 is 1.71 bits per heavy atom. The molecule has 5 aliphatic carbocycles. The predicted octanol–water partition coefficient (Wildman–Crippen LogP) is 6.42. The SMILES string of the molecule is CC1=C(O)C(=O)C=C2C1=CC=C1[C@@]2(C)CC[C@]2(C)[C@@H]3C[C@H](C)C(=O)C[C@]3(C)CC[C@@]12C. The summed E-state index contributed by atoms with van der Waals surface area (Å²) in [4.78, 5) is 25.2. The molecule has 0 aromatic carbocycles. The summed E-state index contributed by atoms with van der Waals surface area (Å²) in [6, 6.07) is 0. The zero-order chi connectivity index (χ0) is 22.6. The first-order valence-corrected chi connectivity index (χ1v) is 12.0. The van der Waals surface area contributed by atoms with Gasteiger partial charge in [-0.2, -0.15) is 0 Å². The van der Waals surface area contributed by atoms with Gasteiger partial charge in [0.25, 0.3) is 0 Å². The summed E-state index contributed by atoms with van der Waals surface area (Å²) in [7, 11) is 0. The Labute approximate surface area is 186 Å². The molecule has 0 aromatic rings. The average molecular weight is 421 g/mol. The average Bonchev–Trinajstić information content (AvgIpc) is 2.71. The van der Waals surface area contributed by atoms with Crippen molar-refractivity contribution in [3.63, 3.8) is 0 Å². The Bertz CT molecular complexity index is 1040. The van der Waals surface area contributed by atoms with Gasteiger partial charge in [-0.15, -0.1) is 0 Å². The summed E-state index contributed by atoms with van der Waals surface area (Å²) in [5, 5.41) is 10.2. The number of Topliss-reactive ketones (excluding diaryl/α,β-unsaturated/α-hetero) is 1. The molecule has 0 amide bonds. The van der Waals surface area contributed by atoms with Gasteiger partial charge in [0.05, 0.1) is 0 Å². The molecule has 5 aliphatic rings. The predicted molar refractivity (Wildman–Crippen MR) is 122 cm³/mol. The van der Waals surface area contributed by atoms with Crippen LogP contribution in [0, 0.1) is 33.5 Å². The van der Waals surface area contributed by atoms with Crippen molar-refractivity contribution in [2.45, 2.75) is 80.1 Å². The highest BCUT2D eigenvalue weighted by atomic mass is 16.3. The van der Waals surface area contributed by atoms with Gasteiger partial charge < -0.3 is 5.11 Å². The maximum atomic E-state index is 12.6. The van der Waals surface area contributed by atoms with Gasteiger partial charge in [-0.05, 0) is 78.4 Å². The van der Waals surface area contributed by atoms with Crippen LogP contribution < -0.4 is 0 Å². The molecule has 166 valence electrons. The lowest BCUT2D eigenvalue weighted by atomic mass is 9.35. The number of hydrogen-bond donors (Lipinski definition) is 1. The van der Waals surface area contributed by atoms with E-state index < -0.39 is 0 Å². The molecule has 0 spiro atoms. The fourth-order valence-corrected chi connectivity index (χ4v) is 8.39. The van der Waals surface area contributed by atoms with Crippen LogP contribution in [0.4, 0.5) is 0 Å². The van der Waals surface area contributed by atoms with Crippen LogP contribution in [0.1, 0.15) is 80.1 Å². The van der Waals surface area contributed by atoms with E-state index >= 15 is 0 Å². The zero-order valence-corrected chi connectivity index (χ0v) is 19.9. The lowest BCUT2D eigenvalue weighted by Gasteiger charge is -2.69. The molecule has 3 nitrogen and oxygen atoms in total. The smallest absolute Gasteiger partial charge is 0.220 e. The highest BCUT2D eigenvalue weighted by molar-refractivity contribution is 6.06.